The summed E-state index contributed by atoms with van der Waals surface area (Å²) in [5.41, 5.74) is -0.289. The molecule has 1 rings (SSSR count). The van der Waals surface area contributed by atoms with Gasteiger partial charge in [0.1, 0.15) is 5.82 Å². The summed E-state index contributed by atoms with van der Waals surface area (Å²) in [6.45, 7) is 0. The van der Waals surface area contributed by atoms with Crippen LogP contribution in [0.25, 0.3) is 0 Å². The monoisotopic (exact) mass is 176 g/mol. The standard InChI is InChI=1S/C7H5FO2.ClH/c8-6-4-2-1-3-5(6)7(9)10;/h1-4H,(H,9,10);1H. The second-order valence-electron chi connectivity index (χ2n) is 1.78. The topological polar surface area (TPSA) is 37.3 Å². The molecule has 4 heteroatoms. The van der Waals surface area contributed by atoms with Gasteiger partial charge in [0, 0.05) is 0 Å². The first-order chi connectivity index (χ1) is 4.72. The van der Waals surface area contributed by atoms with Gasteiger partial charge in [0.2, 0.25) is 0 Å². The van der Waals surface area contributed by atoms with Gasteiger partial charge >= 0.3 is 5.97 Å². The third-order valence-electron chi connectivity index (χ3n) is 1.10. The molecule has 0 saturated carbocycles. The molecule has 0 fully saturated rings. The zero-order chi connectivity index (χ0) is 7.56. The second kappa shape index (κ2) is 3.93. The third kappa shape index (κ3) is 2.20. The maximum Gasteiger partial charge on any atom is 0.338 e. The Hall–Kier alpha value is -1.09. The van der Waals surface area contributed by atoms with E-state index in [9.17, 15) is 9.18 Å². The van der Waals surface area contributed by atoms with E-state index in [2.05, 4.69) is 0 Å². The molecule has 60 valence electrons. The largest absolute Gasteiger partial charge is 0.478 e. The van der Waals surface area contributed by atoms with Crippen LogP contribution in [0.15, 0.2) is 24.3 Å². The van der Waals surface area contributed by atoms with Crippen LogP contribution in [-0.2, 0) is 0 Å². The van der Waals surface area contributed by atoms with Crippen molar-refractivity contribution < 1.29 is 14.3 Å². The second-order valence-corrected chi connectivity index (χ2v) is 1.78. The van der Waals surface area contributed by atoms with Crippen LogP contribution in [-0.4, -0.2) is 11.1 Å². The molecule has 2 nitrogen and oxygen atoms in total. The van der Waals surface area contributed by atoms with Crippen LogP contribution in [0.1, 0.15) is 10.4 Å². The number of hydrogen-bond donors (Lipinski definition) is 1. The Labute approximate surface area is 69.1 Å². The normalized spacial score (nSPS) is 8.45. The van der Waals surface area contributed by atoms with E-state index >= 15 is 0 Å². The van der Waals surface area contributed by atoms with Gasteiger partial charge in [-0.3, -0.25) is 0 Å². The van der Waals surface area contributed by atoms with E-state index in [1.807, 2.05) is 0 Å². The zero-order valence-corrected chi connectivity index (χ0v) is 6.27. The Bertz CT molecular complexity index is 262. The van der Waals surface area contributed by atoms with E-state index in [-0.39, 0.29) is 18.0 Å². The van der Waals surface area contributed by atoms with Crippen molar-refractivity contribution in [2.45, 2.75) is 0 Å². The fraction of sp³-hybridized carbons (Fsp3) is 0. The van der Waals surface area contributed by atoms with E-state index in [4.69, 9.17) is 5.11 Å². The van der Waals surface area contributed by atoms with Crippen LogP contribution in [0, 0.1) is 5.82 Å². The minimum atomic E-state index is -1.24. The molecule has 0 unspecified atom stereocenters. The van der Waals surface area contributed by atoms with Crippen molar-refractivity contribution in [1.29, 1.82) is 0 Å². The molecule has 0 spiro atoms. The van der Waals surface area contributed by atoms with Crippen LogP contribution in [0.5, 0.6) is 0 Å². The summed E-state index contributed by atoms with van der Waals surface area (Å²) in [6, 6.07) is 5.26. The summed E-state index contributed by atoms with van der Waals surface area (Å²) >= 11 is 0. The Balaban J connectivity index is 0.000001000. The van der Waals surface area contributed by atoms with E-state index in [0.717, 1.165) is 6.07 Å². The Kier molecular flexibility index (Phi) is 3.54. The molecule has 0 aliphatic rings. The minimum absolute atomic E-state index is 0. The molecule has 0 bridgehead atoms. The molecule has 0 aliphatic carbocycles. The van der Waals surface area contributed by atoms with Gasteiger partial charge in [-0.25, -0.2) is 9.18 Å². The third-order valence-corrected chi connectivity index (χ3v) is 1.10. The zero-order valence-electron chi connectivity index (χ0n) is 5.45. The van der Waals surface area contributed by atoms with E-state index in [1.165, 1.54) is 18.2 Å². The van der Waals surface area contributed by atoms with Gasteiger partial charge in [-0.15, -0.1) is 12.4 Å². The Morgan fingerprint density at radius 2 is 1.91 bits per heavy atom. The Morgan fingerprint density at radius 3 is 2.27 bits per heavy atom. The summed E-state index contributed by atoms with van der Waals surface area (Å²) in [4.78, 5) is 10.2. The van der Waals surface area contributed by atoms with Crippen molar-refractivity contribution in [2.75, 3.05) is 0 Å². The molecule has 0 amide bonds. The van der Waals surface area contributed by atoms with Crippen molar-refractivity contribution in [3.05, 3.63) is 35.6 Å². The van der Waals surface area contributed by atoms with E-state index in [0.29, 0.717) is 0 Å². The number of carboxylic acids is 1. The van der Waals surface area contributed by atoms with Crippen LogP contribution in [0.4, 0.5) is 4.39 Å². The first-order valence-electron chi connectivity index (χ1n) is 2.69. The highest BCUT2D eigenvalue weighted by molar-refractivity contribution is 5.87. The summed E-state index contributed by atoms with van der Waals surface area (Å²) in [5.74, 6) is -1.94. The molecular weight excluding hydrogens is 171 g/mol. The van der Waals surface area contributed by atoms with Gasteiger partial charge in [0.15, 0.2) is 0 Å². The molecule has 1 N–H and O–H groups in total. The minimum Gasteiger partial charge on any atom is -0.478 e. The number of carbonyl (C=O) groups is 1. The quantitative estimate of drug-likeness (QED) is 0.710. The summed E-state index contributed by atoms with van der Waals surface area (Å²) in [5, 5.41) is 8.33. The fourth-order valence-electron chi connectivity index (χ4n) is 0.635. The molecule has 0 radical (unpaired) electrons. The number of hydrogen-bond acceptors (Lipinski definition) is 1. The molecule has 1 aromatic carbocycles. The summed E-state index contributed by atoms with van der Waals surface area (Å²) in [6.07, 6.45) is 0. The average Bonchev–Trinajstić information content (AvgIpc) is 1.88. The fourth-order valence-corrected chi connectivity index (χ4v) is 0.635. The smallest absolute Gasteiger partial charge is 0.338 e. The lowest BCUT2D eigenvalue weighted by Gasteiger charge is -1.92. The van der Waals surface area contributed by atoms with Crippen molar-refractivity contribution in [3.8, 4) is 0 Å². The van der Waals surface area contributed by atoms with Crippen LogP contribution in [0.3, 0.4) is 0 Å². The SMILES string of the molecule is Cl.O=C(O)c1ccccc1F. The predicted molar refractivity (Wildman–Crippen MR) is 40.6 cm³/mol. The van der Waals surface area contributed by atoms with Gasteiger partial charge in [-0.1, -0.05) is 12.1 Å². The highest BCUT2D eigenvalue weighted by atomic mass is 35.5. The molecule has 0 saturated heterocycles. The lowest BCUT2D eigenvalue weighted by atomic mass is 10.2. The molecule has 0 heterocycles. The van der Waals surface area contributed by atoms with Crippen molar-refractivity contribution in [1.82, 2.24) is 0 Å². The van der Waals surface area contributed by atoms with E-state index in [1.54, 1.807) is 0 Å². The molecule has 11 heavy (non-hydrogen) atoms. The van der Waals surface area contributed by atoms with Crippen molar-refractivity contribution in [3.63, 3.8) is 0 Å². The summed E-state index contributed by atoms with van der Waals surface area (Å²) < 4.78 is 12.5. The van der Waals surface area contributed by atoms with Crippen LogP contribution < -0.4 is 0 Å². The van der Waals surface area contributed by atoms with Gasteiger partial charge in [0.05, 0.1) is 5.56 Å². The maximum atomic E-state index is 12.5. The molecule has 0 aliphatic heterocycles. The highest BCUT2D eigenvalue weighted by Gasteiger charge is 2.06. The maximum absolute atomic E-state index is 12.5. The molecular formula is C7H6ClFO2. The molecule has 0 aromatic heterocycles. The average molecular weight is 177 g/mol. The first kappa shape index (κ1) is 9.91. The molecule has 1 aromatic rings. The lowest BCUT2D eigenvalue weighted by Crippen LogP contribution is -1.98. The number of benzene rings is 1. The Morgan fingerprint density at radius 1 is 1.36 bits per heavy atom. The van der Waals surface area contributed by atoms with Gasteiger partial charge in [-0.05, 0) is 12.1 Å². The highest BCUT2D eigenvalue weighted by Crippen LogP contribution is 2.04. The van der Waals surface area contributed by atoms with Crippen LogP contribution in [0.2, 0.25) is 0 Å². The van der Waals surface area contributed by atoms with Crippen molar-refractivity contribution >= 4 is 18.4 Å². The first-order valence-corrected chi connectivity index (χ1v) is 2.69. The number of rotatable bonds is 1. The van der Waals surface area contributed by atoms with Crippen LogP contribution >= 0.6 is 12.4 Å². The number of carboxylic acid groups (broad SMARTS) is 1. The number of aromatic carboxylic acids is 1. The van der Waals surface area contributed by atoms with Gasteiger partial charge in [-0.2, -0.15) is 0 Å². The molecule has 0 atom stereocenters. The van der Waals surface area contributed by atoms with E-state index < -0.39 is 11.8 Å². The predicted octanol–water partition coefficient (Wildman–Crippen LogP) is 1.95. The summed E-state index contributed by atoms with van der Waals surface area (Å²) in [7, 11) is 0. The lowest BCUT2D eigenvalue weighted by molar-refractivity contribution is 0.0692. The van der Waals surface area contributed by atoms with Crippen molar-refractivity contribution in [2.24, 2.45) is 0 Å². The number of halogens is 2. The van der Waals surface area contributed by atoms with Gasteiger partial charge in [0.25, 0.3) is 0 Å². The van der Waals surface area contributed by atoms with Gasteiger partial charge < -0.3 is 5.11 Å².